The first-order valence-corrected chi connectivity index (χ1v) is 25.1. The molecule has 0 bridgehead atoms. The Labute approximate surface area is 417 Å². The number of rotatable bonds is 6. The molecule has 2 aromatic heterocycles. The Kier molecular flexibility index (Phi) is 8.44. The summed E-state index contributed by atoms with van der Waals surface area (Å²) in [5, 5.41) is 8.74. The Balaban J connectivity index is 0.848. The standard InChI is InChI=1S/C68H48N2O2/c1-67(2)57-25-13-11-21-49(57)51-23-15-27-59(63(51)67)69(45-17-7-5-8-18-45)47-31-29-41-37-55-53-33-34-54-56-38-42-30-32-48(36-44(42)40-62(56)72-66(54)65(53)71-61(55)39-43(41)35-47)70(46-19-9-6-10-20-46)60-28-16-24-52-50-22-12-14-26-58(50)68(3,4)64(52)60/h5-40H,1-4H3. The monoisotopic (exact) mass is 924 g/mol. The summed E-state index contributed by atoms with van der Waals surface area (Å²) in [7, 11) is 0. The van der Waals surface area contributed by atoms with E-state index in [-0.39, 0.29) is 10.8 Å². The molecule has 72 heavy (non-hydrogen) atoms. The highest BCUT2D eigenvalue weighted by Gasteiger charge is 2.40. The Morgan fingerprint density at radius 3 is 1.15 bits per heavy atom. The molecule has 2 aliphatic rings. The molecule has 0 saturated heterocycles. The van der Waals surface area contributed by atoms with Gasteiger partial charge in [-0.2, -0.15) is 0 Å². The fourth-order valence-corrected chi connectivity index (χ4v) is 12.8. The van der Waals surface area contributed by atoms with Gasteiger partial charge in [-0.1, -0.05) is 149 Å². The lowest BCUT2D eigenvalue weighted by atomic mass is 9.81. The first-order valence-electron chi connectivity index (χ1n) is 25.1. The Morgan fingerprint density at radius 1 is 0.306 bits per heavy atom. The Morgan fingerprint density at radius 2 is 0.708 bits per heavy atom. The smallest absolute Gasteiger partial charge is 0.178 e. The molecular weight excluding hydrogens is 877 g/mol. The molecule has 0 saturated carbocycles. The summed E-state index contributed by atoms with van der Waals surface area (Å²) in [5.41, 5.74) is 20.2. The van der Waals surface area contributed by atoms with Crippen LogP contribution in [0.3, 0.4) is 0 Å². The maximum atomic E-state index is 6.91. The summed E-state index contributed by atoms with van der Waals surface area (Å²) in [6, 6.07) is 79.8. The lowest BCUT2D eigenvalue weighted by Crippen LogP contribution is -2.20. The molecule has 0 atom stereocenters. The van der Waals surface area contributed by atoms with Crippen LogP contribution >= 0.6 is 0 Å². The molecule has 0 fully saturated rings. The van der Waals surface area contributed by atoms with E-state index in [9.17, 15) is 0 Å². The summed E-state index contributed by atoms with van der Waals surface area (Å²) in [4.78, 5) is 4.85. The molecule has 2 heterocycles. The topological polar surface area (TPSA) is 32.8 Å². The minimum absolute atomic E-state index is 0.178. The summed E-state index contributed by atoms with van der Waals surface area (Å²) >= 11 is 0. The van der Waals surface area contributed by atoms with E-state index in [2.05, 4.69) is 256 Å². The molecule has 0 amide bonds. The van der Waals surface area contributed by atoms with E-state index >= 15 is 0 Å². The van der Waals surface area contributed by atoms with Crippen LogP contribution in [0.2, 0.25) is 0 Å². The van der Waals surface area contributed by atoms with Gasteiger partial charge in [-0.3, -0.25) is 0 Å². The van der Waals surface area contributed by atoms with Crippen molar-refractivity contribution in [1.82, 2.24) is 0 Å². The van der Waals surface area contributed by atoms with E-state index in [1.54, 1.807) is 0 Å². The second-order valence-electron chi connectivity index (χ2n) is 20.9. The van der Waals surface area contributed by atoms with Crippen molar-refractivity contribution < 1.29 is 8.83 Å². The lowest BCUT2D eigenvalue weighted by Gasteiger charge is -2.32. The zero-order chi connectivity index (χ0) is 48.0. The summed E-state index contributed by atoms with van der Waals surface area (Å²) in [6.07, 6.45) is 0. The van der Waals surface area contributed by atoms with Gasteiger partial charge in [-0.15, -0.1) is 0 Å². The highest BCUT2D eigenvalue weighted by atomic mass is 16.4. The molecule has 0 aliphatic heterocycles. The molecule has 4 heteroatoms. The van der Waals surface area contributed by atoms with Crippen LogP contribution in [-0.2, 0) is 10.8 Å². The van der Waals surface area contributed by atoms with Crippen LogP contribution in [-0.4, -0.2) is 0 Å². The molecule has 13 aromatic rings. The van der Waals surface area contributed by atoms with Gasteiger partial charge in [0, 0.05) is 55.1 Å². The number of fused-ring (bicyclic) bond motifs is 15. The van der Waals surface area contributed by atoms with Gasteiger partial charge in [0.05, 0.1) is 11.4 Å². The minimum Gasteiger partial charge on any atom is -0.452 e. The number of benzene rings is 11. The van der Waals surface area contributed by atoms with Crippen LogP contribution < -0.4 is 9.80 Å². The third-order valence-electron chi connectivity index (χ3n) is 16.1. The van der Waals surface area contributed by atoms with Crippen molar-refractivity contribution >= 4 is 99.5 Å². The van der Waals surface area contributed by atoms with E-state index < -0.39 is 0 Å². The van der Waals surface area contributed by atoms with Crippen LogP contribution in [0.4, 0.5) is 34.1 Å². The van der Waals surface area contributed by atoms with Crippen molar-refractivity contribution in [2.75, 3.05) is 9.80 Å². The summed E-state index contributed by atoms with van der Waals surface area (Å²) < 4.78 is 13.8. The van der Waals surface area contributed by atoms with E-state index in [4.69, 9.17) is 8.83 Å². The molecule has 2 aliphatic carbocycles. The average Bonchev–Trinajstić information content (AvgIpc) is 4.10. The van der Waals surface area contributed by atoms with Crippen molar-refractivity contribution in [1.29, 1.82) is 0 Å². The number of para-hydroxylation sites is 2. The molecule has 0 unspecified atom stereocenters. The summed E-state index contributed by atoms with van der Waals surface area (Å²) in [6.45, 7) is 9.43. The van der Waals surface area contributed by atoms with E-state index in [0.717, 1.165) is 88.2 Å². The highest BCUT2D eigenvalue weighted by molar-refractivity contribution is 6.21. The SMILES string of the molecule is CC1(C)c2ccccc2-c2cccc(N(c3ccccc3)c3ccc4cc5c(cc4c3)oc3c5ccc4c5cc6ccc(N(c7ccccc7)c7cccc8c7C(C)(C)c7ccccc7-8)cc6cc5oc43)c21. The second kappa shape index (κ2) is 14.8. The van der Waals surface area contributed by atoms with Crippen LogP contribution in [0.15, 0.2) is 227 Å². The lowest BCUT2D eigenvalue weighted by molar-refractivity contribution is 0.634. The Bertz CT molecular complexity index is 4120. The molecule has 342 valence electrons. The maximum absolute atomic E-state index is 6.91. The van der Waals surface area contributed by atoms with E-state index in [1.807, 2.05) is 0 Å². The molecule has 0 N–H and O–H groups in total. The van der Waals surface area contributed by atoms with Crippen LogP contribution in [0.1, 0.15) is 49.9 Å². The van der Waals surface area contributed by atoms with Crippen LogP contribution in [0.25, 0.3) is 87.7 Å². The third kappa shape index (κ3) is 5.75. The van der Waals surface area contributed by atoms with Gasteiger partial charge in [0.25, 0.3) is 0 Å². The zero-order valence-corrected chi connectivity index (χ0v) is 40.5. The van der Waals surface area contributed by atoms with Gasteiger partial charge < -0.3 is 18.6 Å². The van der Waals surface area contributed by atoms with Crippen LogP contribution in [0, 0.1) is 0 Å². The van der Waals surface area contributed by atoms with Crippen molar-refractivity contribution in [2.45, 2.75) is 38.5 Å². The zero-order valence-electron chi connectivity index (χ0n) is 40.5. The predicted molar refractivity (Wildman–Crippen MR) is 301 cm³/mol. The molecule has 0 radical (unpaired) electrons. The van der Waals surface area contributed by atoms with Crippen molar-refractivity contribution in [3.8, 4) is 22.3 Å². The Hall–Kier alpha value is -8.86. The van der Waals surface area contributed by atoms with Gasteiger partial charge in [0.15, 0.2) is 11.2 Å². The quantitative estimate of drug-likeness (QED) is 0.166. The molecular formula is C68H48N2O2. The fourth-order valence-electron chi connectivity index (χ4n) is 12.8. The largest absolute Gasteiger partial charge is 0.452 e. The van der Waals surface area contributed by atoms with E-state index in [0.29, 0.717) is 0 Å². The van der Waals surface area contributed by atoms with Crippen LogP contribution in [0.5, 0.6) is 0 Å². The van der Waals surface area contributed by atoms with Crippen molar-refractivity contribution in [3.05, 3.63) is 241 Å². The highest BCUT2D eigenvalue weighted by Crippen LogP contribution is 2.56. The molecule has 4 nitrogen and oxygen atoms in total. The number of anilines is 6. The normalized spacial score (nSPS) is 14.1. The first-order chi connectivity index (χ1) is 35.2. The van der Waals surface area contributed by atoms with Gasteiger partial charge in [-0.05, 0) is 163 Å². The number of hydrogen-bond acceptors (Lipinski definition) is 4. The van der Waals surface area contributed by atoms with Gasteiger partial charge >= 0.3 is 0 Å². The number of hydrogen-bond donors (Lipinski definition) is 0. The van der Waals surface area contributed by atoms with E-state index in [1.165, 1.54) is 55.9 Å². The van der Waals surface area contributed by atoms with Crippen molar-refractivity contribution in [2.24, 2.45) is 0 Å². The number of nitrogens with zero attached hydrogens (tertiary/aromatic N) is 2. The summed E-state index contributed by atoms with van der Waals surface area (Å²) in [5.74, 6) is 0. The van der Waals surface area contributed by atoms with Crippen molar-refractivity contribution in [3.63, 3.8) is 0 Å². The molecule has 0 spiro atoms. The predicted octanol–water partition coefficient (Wildman–Crippen LogP) is 19.3. The fraction of sp³-hybridized carbons (Fsp3) is 0.0882. The molecule has 11 aromatic carbocycles. The first kappa shape index (κ1) is 41.0. The van der Waals surface area contributed by atoms with Gasteiger partial charge in [0.2, 0.25) is 0 Å². The molecule has 15 rings (SSSR count). The maximum Gasteiger partial charge on any atom is 0.178 e. The van der Waals surface area contributed by atoms with Gasteiger partial charge in [0.1, 0.15) is 11.2 Å². The minimum atomic E-state index is -0.178. The second-order valence-corrected chi connectivity index (χ2v) is 20.9. The number of furan rings is 2. The average molecular weight is 925 g/mol. The van der Waals surface area contributed by atoms with Gasteiger partial charge in [-0.25, -0.2) is 0 Å². The third-order valence-corrected chi connectivity index (χ3v) is 16.1.